The standard InChI is InChI=1S/C23H27NO2Si/c1-27(2,3)22-12-17-14-9-10-15(11-14)23(17,13-22)19-18(22)20(25)24(21(19)26)16-7-5-4-6-8-16/h4-8,12,14-15,18-19H,9-11,13H2,1-3H3/t14-,15-,18-,19+,22-,23+/m0/s1. The average molecular weight is 378 g/mol. The lowest BCUT2D eigenvalue weighted by Gasteiger charge is -2.42. The smallest absolute Gasteiger partial charge is 0.238 e. The first-order valence-electron chi connectivity index (χ1n) is 10.5. The Hall–Kier alpha value is -1.68. The molecule has 4 aliphatic carbocycles. The van der Waals surface area contributed by atoms with Gasteiger partial charge in [0, 0.05) is 5.41 Å². The zero-order valence-electron chi connectivity index (χ0n) is 16.4. The summed E-state index contributed by atoms with van der Waals surface area (Å²) < 4.78 is 0. The number of para-hydroxylation sites is 1. The van der Waals surface area contributed by atoms with Gasteiger partial charge in [0.25, 0.3) is 0 Å². The van der Waals surface area contributed by atoms with Crippen molar-refractivity contribution in [3.05, 3.63) is 42.0 Å². The van der Waals surface area contributed by atoms with Crippen LogP contribution in [0.1, 0.15) is 25.7 Å². The van der Waals surface area contributed by atoms with Crippen molar-refractivity contribution in [1.29, 1.82) is 0 Å². The number of benzene rings is 1. The summed E-state index contributed by atoms with van der Waals surface area (Å²) in [6.07, 6.45) is 7.46. The molecule has 1 aromatic rings. The average Bonchev–Trinajstić information content (AvgIpc) is 3.38. The lowest BCUT2D eigenvalue weighted by molar-refractivity contribution is -0.124. The van der Waals surface area contributed by atoms with Crippen LogP contribution in [0.5, 0.6) is 0 Å². The molecule has 140 valence electrons. The highest BCUT2D eigenvalue weighted by Crippen LogP contribution is 2.83. The van der Waals surface area contributed by atoms with Gasteiger partial charge in [0.1, 0.15) is 0 Å². The largest absolute Gasteiger partial charge is 0.274 e. The van der Waals surface area contributed by atoms with Crippen molar-refractivity contribution in [1.82, 2.24) is 0 Å². The monoisotopic (exact) mass is 377 g/mol. The van der Waals surface area contributed by atoms with E-state index in [1.807, 2.05) is 30.3 Å². The quantitative estimate of drug-likeness (QED) is 0.428. The third-order valence-electron chi connectivity index (χ3n) is 8.96. The van der Waals surface area contributed by atoms with Gasteiger partial charge in [-0.2, -0.15) is 0 Å². The molecule has 3 nitrogen and oxygen atoms in total. The summed E-state index contributed by atoms with van der Waals surface area (Å²) in [7, 11) is -1.70. The Morgan fingerprint density at radius 3 is 2.41 bits per heavy atom. The Labute approximate surface area is 161 Å². The third kappa shape index (κ3) is 1.59. The van der Waals surface area contributed by atoms with Crippen molar-refractivity contribution in [2.45, 2.75) is 50.4 Å². The van der Waals surface area contributed by atoms with Gasteiger partial charge in [0.05, 0.1) is 25.6 Å². The fraction of sp³-hybridized carbons (Fsp3) is 0.565. The third-order valence-corrected chi connectivity index (χ3v) is 12.4. The number of fused-ring (bicyclic) bond motifs is 6. The number of carbonyl (C=O) groups excluding carboxylic acids is 2. The number of hydrogen-bond donors (Lipinski definition) is 0. The Balaban J connectivity index is 1.57. The Morgan fingerprint density at radius 2 is 1.70 bits per heavy atom. The van der Waals surface area contributed by atoms with Crippen LogP contribution in [0.4, 0.5) is 5.69 Å². The van der Waals surface area contributed by atoms with Crippen LogP contribution in [0.3, 0.4) is 0 Å². The molecule has 1 saturated heterocycles. The van der Waals surface area contributed by atoms with Crippen LogP contribution < -0.4 is 4.90 Å². The number of amides is 2. The van der Waals surface area contributed by atoms with Gasteiger partial charge in [-0.15, -0.1) is 0 Å². The number of imide groups is 1. The molecule has 0 aromatic heterocycles. The van der Waals surface area contributed by atoms with E-state index in [2.05, 4.69) is 25.7 Å². The molecule has 27 heavy (non-hydrogen) atoms. The number of allylic oxidation sites excluding steroid dienone is 2. The van der Waals surface area contributed by atoms with Crippen LogP contribution in [0, 0.1) is 29.1 Å². The molecular weight excluding hydrogens is 350 g/mol. The molecule has 0 unspecified atom stereocenters. The topological polar surface area (TPSA) is 37.4 Å². The minimum atomic E-state index is -1.70. The number of rotatable bonds is 2. The Morgan fingerprint density at radius 1 is 1.00 bits per heavy atom. The van der Waals surface area contributed by atoms with E-state index < -0.39 is 8.07 Å². The summed E-state index contributed by atoms with van der Waals surface area (Å²) in [6, 6.07) is 9.61. The van der Waals surface area contributed by atoms with Crippen LogP contribution >= 0.6 is 0 Å². The number of anilines is 1. The minimum absolute atomic E-state index is 0.00410. The maximum atomic E-state index is 13.8. The second-order valence-electron chi connectivity index (χ2n) is 10.6. The minimum Gasteiger partial charge on any atom is -0.274 e. The molecule has 2 amide bonds. The maximum Gasteiger partial charge on any atom is 0.238 e. The van der Waals surface area contributed by atoms with Crippen LogP contribution in [0.15, 0.2) is 42.0 Å². The van der Waals surface area contributed by atoms with E-state index in [-0.39, 0.29) is 34.1 Å². The number of carbonyl (C=O) groups is 2. The van der Waals surface area contributed by atoms with Crippen molar-refractivity contribution in [2.75, 3.05) is 4.90 Å². The highest BCUT2D eigenvalue weighted by atomic mass is 28.3. The van der Waals surface area contributed by atoms with Crippen LogP contribution in [-0.2, 0) is 9.59 Å². The molecular formula is C23H27NO2Si. The predicted octanol–water partition coefficient (Wildman–Crippen LogP) is 4.63. The van der Waals surface area contributed by atoms with Crippen molar-refractivity contribution in [2.24, 2.45) is 29.1 Å². The zero-order valence-corrected chi connectivity index (χ0v) is 17.4. The van der Waals surface area contributed by atoms with E-state index in [0.29, 0.717) is 11.8 Å². The summed E-state index contributed by atoms with van der Waals surface area (Å²) >= 11 is 0. The molecule has 1 aromatic carbocycles. The van der Waals surface area contributed by atoms with E-state index in [9.17, 15) is 9.59 Å². The molecule has 6 rings (SSSR count). The van der Waals surface area contributed by atoms with E-state index in [1.54, 1.807) is 10.5 Å². The van der Waals surface area contributed by atoms with Gasteiger partial charge < -0.3 is 0 Å². The fourth-order valence-corrected chi connectivity index (χ4v) is 10.5. The van der Waals surface area contributed by atoms with Gasteiger partial charge in [-0.25, -0.2) is 0 Å². The zero-order chi connectivity index (χ0) is 18.8. The van der Waals surface area contributed by atoms with E-state index in [0.717, 1.165) is 12.1 Å². The van der Waals surface area contributed by atoms with Crippen molar-refractivity contribution in [3.8, 4) is 0 Å². The molecule has 0 radical (unpaired) electrons. The number of hydrogen-bond acceptors (Lipinski definition) is 2. The van der Waals surface area contributed by atoms with E-state index >= 15 is 0 Å². The molecule has 4 fully saturated rings. The van der Waals surface area contributed by atoms with Gasteiger partial charge in [-0.05, 0) is 54.7 Å². The summed E-state index contributed by atoms with van der Waals surface area (Å²) in [5.74, 6) is 1.24. The van der Waals surface area contributed by atoms with Gasteiger partial charge >= 0.3 is 0 Å². The first-order chi connectivity index (χ1) is 12.8. The highest BCUT2D eigenvalue weighted by Gasteiger charge is 2.80. The molecule has 4 bridgehead atoms. The SMILES string of the molecule is C[Si](C)(C)[C@@]12C=C3[C@H]4CC[C@@H](C4)[C@@]3(C1)[C@H]1C(=O)N(c3ccccc3)C(=O)[C@H]12. The molecule has 4 heteroatoms. The van der Waals surface area contributed by atoms with Crippen LogP contribution in [-0.4, -0.2) is 19.9 Å². The van der Waals surface area contributed by atoms with Crippen LogP contribution in [0.2, 0.25) is 24.7 Å². The predicted molar refractivity (Wildman–Crippen MR) is 108 cm³/mol. The van der Waals surface area contributed by atoms with Crippen molar-refractivity contribution < 1.29 is 9.59 Å². The summed E-state index contributed by atoms with van der Waals surface area (Å²) in [5.41, 5.74) is 2.36. The normalized spacial score (nSPS) is 44.1. The number of nitrogens with zero attached hydrogens (tertiary/aromatic N) is 1. The molecule has 6 atom stereocenters. The molecule has 1 spiro atoms. The lowest BCUT2D eigenvalue weighted by Crippen LogP contribution is -2.45. The van der Waals surface area contributed by atoms with Crippen LogP contribution in [0.25, 0.3) is 0 Å². The van der Waals surface area contributed by atoms with Crippen molar-refractivity contribution in [3.63, 3.8) is 0 Å². The van der Waals surface area contributed by atoms with Gasteiger partial charge in [0.2, 0.25) is 11.8 Å². The summed E-state index contributed by atoms with van der Waals surface area (Å²) in [6.45, 7) is 7.23. The Bertz CT molecular complexity index is 916. The maximum absolute atomic E-state index is 13.8. The highest BCUT2D eigenvalue weighted by molar-refractivity contribution is 6.80. The summed E-state index contributed by atoms with van der Waals surface area (Å²) in [4.78, 5) is 29.0. The Kier molecular flexibility index (Phi) is 2.81. The molecule has 0 N–H and O–H groups in total. The van der Waals surface area contributed by atoms with Gasteiger partial charge in [-0.1, -0.05) is 49.5 Å². The summed E-state index contributed by atoms with van der Waals surface area (Å²) in [5, 5.41) is -0.0372. The first-order valence-corrected chi connectivity index (χ1v) is 14.0. The second kappa shape index (κ2) is 4.65. The lowest BCUT2D eigenvalue weighted by atomic mass is 9.63. The van der Waals surface area contributed by atoms with Gasteiger partial charge in [0.15, 0.2) is 0 Å². The van der Waals surface area contributed by atoms with E-state index in [4.69, 9.17) is 0 Å². The molecule has 1 heterocycles. The molecule has 3 saturated carbocycles. The fourth-order valence-electron chi connectivity index (χ4n) is 7.89. The van der Waals surface area contributed by atoms with E-state index in [1.165, 1.54) is 19.3 Å². The molecule has 5 aliphatic rings. The second-order valence-corrected chi connectivity index (χ2v) is 16.0. The molecule has 1 aliphatic heterocycles. The van der Waals surface area contributed by atoms with Gasteiger partial charge in [-0.3, -0.25) is 14.5 Å². The van der Waals surface area contributed by atoms with Crippen molar-refractivity contribution >= 4 is 25.6 Å². The first kappa shape index (κ1) is 16.3.